The van der Waals surface area contributed by atoms with Gasteiger partial charge in [0, 0.05) is 19.6 Å². The quantitative estimate of drug-likeness (QED) is 0.727. The third-order valence-electron chi connectivity index (χ3n) is 3.20. The third-order valence-corrected chi connectivity index (χ3v) is 4.49. The Kier molecular flexibility index (Phi) is 5.30. The van der Waals surface area contributed by atoms with Gasteiger partial charge in [-0.3, -0.25) is 9.59 Å². The Morgan fingerprint density at radius 1 is 1.42 bits per heavy atom. The molecule has 7 nitrogen and oxygen atoms in total. The molecule has 0 bridgehead atoms. The molecule has 0 saturated carbocycles. The first-order chi connectivity index (χ1) is 8.77. The van der Waals surface area contributed by atoms with Gasteiger partial charge in [0.05, 0.1) is 12.7 Å². The number of carbonyl (C=O) groups excluding carboxylic acids is 1. The number of nitrogens with zero attached hydrogens (tertiary/aromatic N) is 2. The van der Waals surface area contributed by atoms with Crippen LogP contribution >= 0.6 is 0 Å². The van der Waals surface area contributed by atoms with Crippen LogP contribution in [0.5, 0.6) is 0 Å². The minimum atomic E-state index is -3.40. The molecule has 0 spiro atoms. The lowest BCUT2D eigenvalue weighted by molar-refractivity contribution is -0.139. The van der Waals surface area contributed by atoms with Gasteiger partial charge in [-0.2, -0.15) is 4.31 Å². The third kappa shape index (κ3) is 4.17. The minimum Gasteiger partial charge on any atom is -0.481 e. The standard InChI is InChI=1S/C11H20N2O5S/c1-3-12(8-6-10(14)15)11(16)9-5-4-7-13(9)19(2,17)18/h9H,3-8H2,1-2H3,(H,14,15)/t9-/m0/s1. The van der Waals surface area contributed by atoms with E-state index < -0.39 is 22.0 Å². The van der Waals surface area contributed by atoms with Crippen molar-refractivity contribution in [3.63, 3.8) is 0 Å². The number of carboxylic acids is 1. The summed E-state index contributed by atoms with van der Waals surface area (Å²) in [4.78, 5) is 24.2. The van der Waals surface area contributed by atoms with E-state index in [2.05, 4.69) is 0 Å². The molecule has 1 rings (SSSR count). The van der Waals surface area contributed by atoms with Crippen LogP contribution in [0.4, 0.5) is 0 Å². The number of amides is 1. The first kappa shape index (κ1) is 15.9. The van der Waals surface area contributed by atoms with Gasteiger partial charge in [-0.25, -0.2) is 8.42 Å². The van der Waals surface area contributed by atoms with Gasteiger partial charge in [0.15, 0.2) is 0 Å². The summed E-state index contributed by atoms with van der Waals surface area (Å²) in [7, 11) is -3.40. The largest absolute Gasteiger partial charge is 0.481 e. The summed E-state index contributed by atoms with van der Waals surface area (Å²) in [6.07, 6.45) is 2.10. The molecule has 0 aromatic carbocycles. The van der Waals surface area contributed by atoms with Gasteiger partial charge in [-0.15, -0.1) is 0 Å². The van der Waals surface area contributed by atoms with Crippen LogP contribution in [0, 0.1) is 0 Å². The van der Waals surface area contributed by atoms with Crippen molar-refractivity contribution in [1.82, 2.24) is 9.21 Å². The van der Waals surface area contributed by atoms with Gasteiger partial charge in [0.25, 0.3) is 0 Å². The van der Waals surface area contributed by atoms with Crippen molar-refractivity contribution in [1.29, 1.82) is 0 Å². The van der Waals surface area contributed by atoms with E-state index in [1.165, 1.54) is 9.21 Å². The van der Waals surface area contributed by atoms with E-state index in [0.29, 0.717) is 25.9 Å². The van der Waals surface area contributed by atoms with E-state index in [0.717, 1.165) is 6.26 Å². The molecule has 1 N–H and O–H groups in total. The molecular formula is C11H20N2O5S. The van der Waals surface area contributed by atoms with Crippen LogP contribution in [0.15, 0.2) is 0 Å². The van der Waals surface area contributed by atoms with Crippen molar-refractivity contribution in [2.24, 2.45) is 0 Å². The SMILES string of the molecule is CCN(CCC(=O)O)C(=O)[C@@H]1CCCN1S(C)(=O)=O. The topological polar surface area (TPSA) is 95.0 Å². The lowest BCUT2D eigenvalue weighted by Crippen LogP contribution is -2.47. The fourth-order valence-electron chi connectivity index (χ4n) is 2.25. The predicted molar refractivity (Wildman–Crippen MR) is 69.1 cm³/mol. The lowest BCUT2D eigenvalue weighted by atomic mass is 10.2. The summed E-state index contributed by atoms with van der Waals surface area (Å²) in [5.74, 6) is -1.27. The second-order valence-electron chi connectivity index (χ2n) is 4.59. The lowest BCUT2D eigenvalue weighted by Gasteiger charge is -2.28. The highest BCUT2D eigenvalue weighted by Gasteiger charge is 2.38. The van der Waals surface area contributed by atoms with E-state index in [1.807, 2.05) is 0 Å². The monoisotopic (exact) mass is 292 g/mol. The number of hydrogen-bond donors (Lipinski definition) is 1. The van der Waals surface area contributed by atoms with Gasteiger partial charge >= 0.3 is 5.97 Å². The number of likely N-dealkylation sites (N-methyl/N-ethyl adjacent to an activating group) is 1. The molecule has 1 saturated heterocycles. The molecule has 0 unspecified atom stereocenters. The Bertz CT molecular complexity index is 448. The van der Waals surface area contributed by atoms with E-state index >= 15 is 0 Å². The molecule has 1 aliphatic rings. The van der Waals surface area contributed by atoms with Crippen LogP contribution in [-0.2, 0) is 19.6 Å². The van der Waals surface area contributed by atoms with Crippen molar-refractivity contribution < 1.29 is 23.1 Å². The molecule has 0 aromatic heterocycles. The maximum absolute atomic E-state index is 12.3. The number of rotatable bonds is 6. The van der Waals surface area contributed by atoms with Gasteiger partial charge < -0.3 is 10.0 Å². The maximum Gasteiger partial charge on any atom is 0.305 e. The van der Waals surface area contributed by atoms with E-state index in [-0.39, 0.29) is 18.9 Å². The van der Waals surface area contributed by atoms with Gasteiger partial charge in [0.2, 0.25) is 15.9 Å². The number of aliphatic carboxylic acids is 1. The summed E-state index contributed by atoms with van der Waals surface area (Å²) in [6, 6.07) is -0.677. The molecule has 1 amide bonds. The zero-order chi connectivity index (χ0) is 14.6. The normalized spacial score (nSPS) is 20.4. The predicted octanol–water partition coefficient (Wildman–Crippen LogP) is -0.266. The van der Waals surface area contributed by atoms with Gasteiger partial charge in [0.1, 0.15) is 6.04 Å². The Morgan fingerprint density at radius 3 is 2.53 bits per heavy atom. The first-order valence-electron chi connectivity index (χ1n) is 6.24. The van der Waals surface area contributed by atoms with E-state index in [1.54, 1.807) is 6.92 Å². The molecule has 0 aliphatic carbocycles. The van der Waals surface area contributed by atoms with E-state index in [4.69, 9.17) is 5.11 Å². The zero-order valence-electron chi connectivity index (χ0n) is 11.2. The fraction of sp³-hybridized carbons (Fsp3) is 0.818. The number of carbonyl (C=O) groups is 2. The van der Waals surface area contributed by atoms with Crippen molar-refractivity contribution in [3.05, 3.63) is 0 Å². The number of carboxylic acid groups (broad SMARTS) is 1. The van der Waals surface area contributed by atoms with Gasteiger partial charge in [-0.1, -0.05) is 0 Å². The number of hydrogen-bond acceptors (Lipinski definition) is 4. The fourth-order valence-corrected chi connectivity index (χ4v) is 3.37. The molecule has 1 fully saturated rings. The molecule has 19 heavy (non-hydrogen) atoms. The van der Waals surface area contributed by atoms with Gasteiger partial charge in [-0.05, 0) is 19.8 Å². The molecule has 1 atom stereocenters. The van der Waals surface area contributed by atoms with Crippen LogP contribution in [0.25, 0.3) is 0 Å². The smallest absolute Gasteiger partial charge is 0.305 e. The summed E-state index contributed by atoms with van der Waals surface area (Å²) in [5.41, 5.74) is 0. The second kappa shape index (κ2) is 6.33. The molecule has 8 heteroatoms. The second-order valence-corrected chi connectivity index (χ2v) is 6.53. The summed E-state index contributed by atoms with van der Waals surface area (Å²) in [6.45, 7) is 2.59. The Balaban J connectivity index is 2.76. The Morgan fingerprint density at radius 2 is 2.05 bits per heavy atom. The summed E-state index contributed by atoms with van der Waals surface area (Å²) < 4.78 is 24.4. The maximum atomic E-state index is 12.3. The van der Waals surface area contributed by atoms with Crippen LogP contribution in [0.3, 0.4) is 0 Å². The summed E-state index contributed by atoms with van der Waals surface area (Å²) >= 11 is 0. The highest BCUT2D eigenvalue weighted by molar-refractivity contribution is 7.88. The van der Waals surface area contributed by atoms with Crippen molar-refractivity contribution in [3.8, 4) is 0 Å². The average Bonchev–Trinajstić information content (AvgIpc) is 2.77. The molecule has 1 heterocycles. The van der Waals surface area contributed by atoms with Crippen LogP contribution in [0.2, 0.25) is 0 Å². The van der Waals surface area contributed by atoms with Crippen molar-refractivity contribution >= 4 is 21.9 Å². The molecular weight excluding hydrogens is 272 g/mol. The molecule has 0 aromatic rings. The van der Waals surface area contributed by atoms with Crippen LogP contribution in [0.1, 0.15) is 26.2 Å². The summed E-state index contributed by atoms with van der Waals surface area (Å²) in [5, 5.41) is 8.64. The number of sulfonamides is 1. The molecule has 110 valence electrons. The van der Waals surface area contributed by atoms with Crippen LogP contribution in [-0.4, -0.2) is 66.5 Å². The zero-order valence-corrected chi connectivity index (χ0v) is 12.0. The van der Waals surface area contributed by atoms with Crippen LogP contribution < -0.4 is 0 Å². The molecule has 1 aliphatic heterocycles. The van der Waals surface area contributed by atoms with Crippen molar-refractivity contribution in [2.45, 2.75) is 32.2 Å². The molecule has 0 radical (unpaired) electrons. The average molecular weight is 292 g/mol. The van der Waals surface area contributed by atoms with Crippen molar-refractivity contribution in [2.75, 3.05) is 25.9 Å². The minimum absolute atomic E-state index is 0.110. The first-order valence-corrected chi connectivity index (χ1v) is 8.09. The Hall–Kier alpha value is -1.15. The highest BCUT2D eigenvalue weighted by Crippen LogP contribution is 2.22. The Labute approximate surface area is 113 Å². The highest BCUT2D eigenvalue weighted by atomic mass is 32.2. The van der Waals surface area contributed by atoms with E-state index in [9.17, 15) is 18.0 Å².